The molecule has 0 amide bonds. The van der Waals surface area contributed by atoms with Crippen molar-refractivity contribution in [1.29, 1.82) is 0 Å². The van der Waals surface area contributed by atoms with Gasteiger partial charge in [-0.2, -0.15) is 0 Å². The van der Waals surface area contributed by atoms with Crippen molar-refractivity contribution in [2.45, 2.75) is 31.3 Å². The van der Waals surface area contributed by atoms with Crippen LogP contribution in [0.1, 0.15) is 24.8 Å². The Kier molecular flexibility index (Phi) is 7.36. The van der Waals surface area contributed by atoms with Crippen LogP contribution in [0.25, 0.3) is 0 Å². The molecule has 0 aliphatic carbocycles. The molecule has 0 bridgehead atoms. The van der Waals surface area contributed by atoms with Gasteiger partial charge < -0.3 is 20.1 Å². The fourth-order valence-corrected chi connectivity index (χ4v) is 2.81. The molecule has 1 aromatic carbocycles. The number of hydrogen-bond acceptors (Lipinski definition) is 3. The van der Waals surface area contributed by atoms with Crippen molar-refractivity contribution < 1.29 is 9.47 Å². The van der Waals surface area contributed by atoms with E-state index >= 15 is 0 Å². The standard InChI is InChI=1S/C18H29N3O2/c1-19-17(20-12-6-9-16-7-4-3-5-8-16)21-15-18(22-2)10-13-23-14-11-18/h3-5,7-8H,6,9-15H2,1-2H3,(H2,19,20,21). The number of aliphatic imine (C=N–C) groups is 1. The first-order valence-electron chi connectivity index (χ1n) is 8.39. The van der Waals surface area contributed by atoms with Gasteiger partial charge in [0.1, 0.15) is 0 Å². The number of ether oxygens (including phenoxy) is 2. The van der Waals surface area contributed by atoms with Crippen LogP contribution in [0, 0.1) is 0 Å². The number of nitrogens with zero attached hydrogens (tertiary/aromatic N) is 1. The van der Waals surface area contributed by atoms with Crippen molar-refractivity contribution in [3.8, 4) is 0 Å². The van der Waals surface area contributed by atoms with E-state index in [2.05, 4.69) is 46.0 Å². The summed E-state index contributed by atoms with van der Waals surface area (Å²) >= 11 is 0. The van der Waals surface area contributed by atoms with E-state index in [9.17, 15) is 0 Å². The van der Waals surface area contributed by atoms with Crippen molar-refractivity contribution in [1.82, 2.24) is 10.6 Å². The maximum Gasteiger partial charge on any atom is 0.191 e. The maximum atomic E-state index is 5.73. The Bertz CT molecular complexity index is 470. The normalized spacial score (nSPS) is 17.7. The van der Waals surface area contributed by atoms with E-state index in [4.69, 9.17) is 9.47 Å². The minimum Gasteiger partial charge on any atom is -0.381 e. The van der Waals surface area contributed by atoms with Gasteiger partial charge in [-0.1, -0.05) is 30.3 Å². The van der Waals surface area contributed by atoms with E-state index in [1.54, 1.807) is 14.2 Å². The molecular weight excluding hydrogens is 290 g/mol. The molecule has 0 saturated carbocycles. The quantitative estimate of drug-likeness (QED) is 0.458. The lowest BCUT2D eigenvalue weighted by atomic mass is 9.94. The Morgan fingerprint density at radius 2 is 1.96 bits per heavy atom. The molecule has 1 fully saturated rings. The van der Waals surface area contributed by atoms with Gasteiger partial charge in [0, 0.05) is 53.3 Å². The molecule has 5 nitrogen and oxygen atoms in total. The van der Waals surface area contributed by atoms with Gasteiger partial charge in [-0.05, 0) is 18.4 Å². The van der Waals surface area contributed by atoms with Crippen LogP contribution < -0.4 is 10.6 Å². The molecule has 1 heterocycles. The van der Waals surface area contributed by atoms with Gasteiger partial charge in [-0.25, -0.2) is 0 Å². The topological polar surface area (TPSA) is 54.9 Å². The minimum atomic E-state index is -0.139. The summed E-state index contributed by atoms with van der Waals surface area (Å²) in [6, 6.07) is 10.6. The van der Waals surface area contributed by atoms with E-state index in [0.717, 1.165) is 57.9 Å². The Morgan fingerprint density at radius 1 is 1.22 bits per heavy atom. The molecule has 2 N–H and O–H groups in total. The van der Waals surface area contributed by atoms with E-state index in [1.165, 1.54) is 5.56 Å². The van der Waals surface area contributed by atoms with Crippen molar-refractivity contribution in [2.24, 2.45) is 4.99 Å². The Labute approximate surface area is 139 Å². The predicted molar refractivity (Wildman–Crippen MR) is 93.9 cm³/mol. The number of guanidine groups is 1. The molecule has 0 radical (unpaired) electrons. The molecule has 2 rings (SSSR count). The molecular formula is C18H29N3O2. The summed E-state index contributed by atoms with van der Waals surface area (Å²) in [5.41, 5.74) is 1.23. The zero-order chi connectivity index (χ0) is 16.4. The van der Waals surface area contributed by atoms with Crippen LogP contribution in [-0.2, 0) is 15.9 Å². The second-order valence-corrected chi connectivity index (χ2v) is 5.94. The zero-order valence-electron chi connectivity index (χ0n) is 14.3. The molecule has 1 aliphatic heterocycles. The highest BCUT2D eigenvalue weighted by Gasteiger charge is 2.32. The van der Waals surface area contributed by atoms with Crippen molar-refractivity contribution in [3.05, 3.63) is 35.9 Å². The first-order valence-corrected chi connectivity index (χ1v) is 8.39. The number of hydrogen-bond donors (Lipinski definition) is 2. The van der Waals surface area contributed by atoms with Crippen molar-refractivity contribution in [3.63, 3.8) is 0 Å². The van der Waals surface area contributed by atoms with Crippen LogP contribution in [0.5, 0.6) is 0 Å². The lowest BCUT2D eigenvalue weighted by Crippen LogP contribution is -2.50. The van der Waals surface area contributed by atoms with Crippen molar-refractivity contribution >= 4 is 5.96 Å². The lowest BCUT2D eigenvalue weighted by molar-refractivity contribution is -0.0855. The van der Waals surface area contributed by atoms with E-state index < -0.39 is 0 Å². The fourth-order valence-electron chi connectivity index (χ4n) is 2.81. The van der Waals surface area contributed by atoms with Crippen LogP contribution in [0.2, 0.25) is 0 Å². The Morgan fingerprint density at radius 3 is 2.61 bits per heavy atom. The Hall–Kier alpha value is -1.59. The molecule has 0 spiro atoms. The van der Waals surface area contributed by atoms with Gasteiger partial charge >= 0.3 is 0 Å². The van der Waals surface area contributed by atoms with Gasteiger partial charge in [-0.3, -0.25) is 4.99 Å². The van der Waals surface area contributed by atoms with Gasteiger partial charge in [0.25, 0.3) is 0 Å². The summed E-state index contributed by atoms with van der Waals surface area (Å²) in [6.07, 6.45) is 3.99. The van der Waals surface area contributed by atoms with E-state index in [0.29, 0.717) is 0 Å². The summed E-state index contributed by atoms with van der Waals surface area (Å²) in [5, 5.41) is 6.76. The molecule has 1 aliphatic rings. The summed E-state index contributed by atoms with van der Waals surface area (Å²) in [6.45, 7) is 3.18. The highest BCUT2D eigenvalue weighted by Crippen LogP contribution is 2.23. The molecule has 1 saturated heterocycles. The van der Waals surface area contributed by atoms with E-state index in [1.807, 2.05) is 0 Å². The lowest BCUT2D eigenvalue weighted by Gasteiger charge is -2.36. The zero-order valence-corrected chi connectivity index (χ0v) is 14.3. The van der Waals surface area contributed by atoms with E-state index in [-0.39, 0.29) is 5.60 Å². The van der Waals surface area contributed by atoms with Gasteiger partial charge in [0.05, 0.1) is 5.60 Å². The molecule has 0 atom stereocenters. The van der Waals surface area contributed by atoms with Gasteiger partial charge in [0.2, 0.25) is 0 Å². The fraction of sp³-hybridized carbons (Fsp3) is 0.611. The number of aryl methyl sites for hydroxylation is 1. The summed E-state index contributed by atoms with van der Waals surface area (Å²) in [4.78, 5) is 4.29. The average Bonchev–Trinajstić information content (AvgIpc) is 2.63. The van der Waals surface area contributed by atoms with Gasteiger partial charge in [0.15, 0.2) is 5.96 Å². The average molecular weight is 319 g/mol. The molecule has 5 heteroatoms. The number of benzene rings is 1. The molecule has 0 aromatic heterocycles. The monoisotopic (exact) mass is 319 g/mol. The number of rotatable bonds is 7. The minimum absolute atomic E-state index is 0.139. The Balaban J connectivity index is 1.68. The first kappa shape index (κ1) is 17.8. The third kappa shape index (κ3) is 5.84. The predicted octanol–water partition coefficient (Wildman–Crippen LogP) is 1.98. The van der Waals surface area contributed by atoms with Crippen LogP contribution in [0.4, 0.5) is 0 Å². The second-order valence-electron chi connectivity index (χ2n) is 5.94. The smallest absolute Gasteiger partial charge is 0.191 e. The highest BCUT2D eigenvalue weighted by molar-refractivity contribution is 5.79. The third-order valence-electron chi connectivity index (χ3n) is 4.42. The largest absolute Gasteiger partial charge is 0.381 e. The second kappa shape index (κ2) is 9.53. The highest BCUT2D eigenvalue weighted by atomic mass is 16.5. The molecule has 128 valence electrons. The summed E-state index contributed by atoms with van der Waals surface area (Å²) in [5.74, 6) is 0.834. The summed E-state index contributed by atoms with van der Waals surface area (Å²) < 4.78 is 11.2. The van der Waals surface area contributed by atoms with Crippen LogP contribution in [-0.4, -0.2) is 52.0 Å². The summed E-state index contributed by atoms with van der Waals surface area (Å²) in [7, 11) is 3.58. The SMILES string of the molecule is CN=C(NCCCc1ccccc1)NCC1(OC)CCOCC1. The molecule has 0 unspecified atom stereocenters. The van der Waals surface area contributed by atoms with Crippen molar-refractivity contribution in [2.75, 3.05) is 40.5 Å². The number of nitrogens with one attached hydrogen (secondary N) is 2. The number of methoxy groups -OCH3 is 1. The van der Waals surface area contributed by atoms with Crippen LogP contribution in [0.15, 0.2) is 35.3 Å². The van der Waals surface area contributed by atoms with Crippen LogP contribution in [0.3, 0.4) is 0 Å². The maximum absolute atomic E-state index is 5.73. The molecule has 1 aromatic rings. The van der Waals surface area contributed by atoms with Crippen LogP contribution >= 0.6 is 0 Å². The third-order valence-corrected chi connectivity index (χ3v) is 4.42. The first-order chi connectivity index (χ1) is 11.3. The van der Waals surface area contributed by atoms with Gasteiger partial charge in [-0.15, -0.1) is 0 Å². The molecule has 23 heavy (non-hydrogen) atoms.